The second-order valence-corrected chi connectivity index (χ2v) is 3.90. The zero-order valence-electron chi connectivity index (χ0n) is 11.3. The quantitative estimate of drug-likeness (QED) is 0.826. The third-order valence-corrected chi connectivity index (χ3v) is 2.79. The summed E-state index contributed by atoms with van der Waals surface area (Å²) in [7, 11) is 4.76. The summed E-state index contributed by atoms with van der Waals surface area (Å²) in [5.74, 6) is 2.21. The number of hydrogen-bond donors (Lipinski definition) is 0. The summed E-state index contributed by atoms with van der Waals surface area (Å²) in [5.41, 5.74) is 0.738. The molecule has 0 aliphatic carbocycles. The number of ether oxygens (including phenoxy) is 3. The summed E-state index contributed by atoms with van der Waals surface area (Å²) in [6, 6.07) is 5.41. The lowest BCUT2D eigenvalue weighted by Crippen LogP contribution is -1.96. The molecule has 0 N–H and O–H groups in total. The Labute approximate surface area is 111 Å². The fraction of sp³-hybridized carbons (Fsp3) is 0.385. The highest BCUT2D eigenvalue weighted by atomic mass is 16.5. The molecular weight excluding hydrogens is 248 g/mol. The molecule has 0 bridgehead atoms. The predicted molar refractivity (Wildman–Crippen MR) is 68.3 cm³/mol. The predicted octanol–water partition coefficient (Wildman–Crippen LogP) is 2.46. The Kier molecular flexibility index (Phi) is 4.01. The van der Waals surface area contributed by atoms with Gasteiger partial charge in [0.15, 0.2) is 0 Å². The Morgan fingerprint density at radius 1 is 1.16 bits per heavy atom. The SMILES string of the molecule is COc1ccc(-c2noc(C(C)OC)n2)c(OC)c1. The van der Waals surface area contributed by atoms with Crippen molar-refractivity contribution >= 4 is 0 Å². The van der Waals surface area contributed by atoms with E-state index >= 15 is 0 Å². The van der Waals surface area contributed by atoms with E-state index in [0.717, 1.165) is 5.56 Å². The largest absolute Gasteiger partial charge is 0.497 e. The standard InChI is InChI=1S/C13H16N2O4/c1-8(16-2)13-14-12(15-19-13)10-6-5-9(17-3)7-11(10)18-4/h5-8H,1-4H3. The van der Waals surface area contributed by atoms with Crippen molar-refractivity contribution in [2.24, 2.45) is 0 Å². The van der Waals surface area contributed by atoms with Crippen molar-refractivity contribution in [2.45, 2.75) is 13.0 Å². The molecule has 1 unspecified atom stereocenters. The summed E-state index contributed by atoms with van der Waals surface area (Å²) in [4.78, 5) is 4.29. The Hall–Kier alpha value is -2.08. The second-order valence-electron chi connectivity index (χ2n) is 3.90. The van der Waals surface area contributed by atoms with Gasteiger partial charge in [0.2, 0.25) is 5.82 Å². The molecule has 0 spiro atoms. The summed E-state index contributed by atoms with van der Waals surface area (Å²) < 4.78 is 20.7. The normalized spacial score (nSPS) is 12.2. The first-order valence-electron chi connectivity index (χ1n) is 5.78. The zero-order chi connectivity index (χ0) is 13.8. The van der Waals surface area contributed by atoms with Crippen LogP contribution < -0.4 is 9.47 Å². The lowest BCUT2D eigenvalue weighted by Gasteiger charge is -2.07. The Balaban J connectivity index is 2.38. The van der Waals surface area contributed by atoms with E-state index in [1.54, 1.807) is 27.4 Å². The maximum absolute atomic E-state index is 5.31. The minimum Gasteiger partial charge on any atom is -0.497 e. The highest BCUT2D eigenvalue weighted by molar-refractivity contribution is 5.65. The van der Waals surface area contributed by atoms with Gasteiger partial charge in [-0.1, -0.05) is 5.16 Å². The van der Waals surface area contributed by atoms with E-state index in [0.29, 0.717) is 23.2 Å². The van der Waals surface area contributed by atoms with Gasteiger partial charge in [0.05, 0.1) is 19.8 Å². The molecule has 0 aliphatic rings. The average Bonchev–Trinajstić information content (AvgIpc) is 2.95. The van der Waals surface area contributed by atoms with Crippen LogP contribution in [0, 0.1) is 0 Å². The molecule has 0 saturated carbocycles. The van der Waals surface area contributed by atoms with Crippen molar-refractivity contribution in [1.29, 1.82) is 0 Å². The van der Waals surface area contributed by atoms with Crippen LogP contribution in [-0.2, 0) is 4.74 Å². The molecule has 1 aromatic heterocycles. The van der Waals surface area contributed by atoms with Crippen LogP contribution in [-0.4, -0.2) is 31.5 Å². The number of benzene rings is 1. The van der Waals surface area contributed by atoms with E-state index in [4.69, 9.17) is 18.7 Å². The topological polar surface area (TPSA) is 66.6 Å². The fourth-order valence-corrected chi connectivity index (χ4v) is 1.59. The third kappa shape index (κ3) is 2.68. The Morgan fingerprint density at radius 2 is 1.95 bits per heavy atom. The number of hydrogen-bond acceptors (Lipinski definition) is 6. The molecule has 1 heterocycles. The summed E-state index contributed by atoms with van der Waals surface area (Å²) in [6.07, 6.45) is -0.245. The van der Waals surface area contributed by atoms with Gasteiger partial charge in [-0.05, 0) is 19.1 Å². The van der Waals surface area contributed by atoms with E-state index in [2.05, 4.69) is 10.1 Å². The van der Waals surface area contributed by atoms with Crippen LogP contribution in [0.4, 0.5) is 0 Å². The average molecular weight is 264 g/mol. The molecule has 2 rings (SSSR count). The first-order valence-corrected chi connectivity index (χ1v) is 5.78. The first kappa shape index (κ1) is 13.4. The highest BCUT2D eigenvalue weighted by Gasteiger charge is 2.17. The molecule has 6 nitrogen and oxygen atoms in total. The van der Waals surface area contributed by atoms with Crippen LogP contribution in [0.25, 0.3) is 11.4 Å². The lowest BCUT2D eigenvalue weighted by atomic mass is 10.2. The maximum Gasteiger partial charge on any atom is 0.255 e. The fourth-order valence-electron chi connectivity index (χ4n) is 1.59. The van der Waals surface area contributed by atoms with Gasteiger partial charge in [-0.3, -0.25) is 0 Å². The van der Waals surface area contributed by atoms with Crippen molar-refractivity contribution in [3.8, 4) is 22.9 Å². The van der Waals surface area contributed by atoms with E-state index in [-0.39, 0.29) is 6.10 Å². The van der Waals surface area contributed by atoms with Crippen molar-refractivity contribution < 1.29 is 18.7 Å². The number of nitrogens with zero attached hydrogens (tertiary/aromatic N) is 2. The van der Waals surface area contributed by atoms with Crippen LogP contribution in [0.3, 0.4) is 0 Å². The van der Waals surface area contributed by atoms with Gasteiger partial charge in [-0.15, -0.1) is 0 Å². The summed E-state index contributed by atoms with van der Waals surface area (Å²) in [5, 5.41) is 3.93. The van der Waals surface area contributed by atoms with E-state index in [1.807, 2.05) is 19.1 Å². The number of methoxy groups -OCH3 is 3. The van der Waals surface area contributed by atoms with Crippen LogP contribution in [0.2, 0.25) is 0 Å². The Bertz CT molecular complexity index is 553. The lowest BCUT2D eigenvalue weighted by molar-refractivity contribution is 0.0886. The molecule has 1 atom stereocenters. The van der Waals surface area contributed by atoms with Gasteiger partial charge in [0, 0.05) is 13.2 Å². The molecule has 0 fully saturated rings. The van der Waals surface area contributed by atoms with E-state index in [9.17, 15) is 0 Å². The molecule has 6 heteroatoms. The minimum absolute atomic E-state index is 0.245. The zero-order valence-corrected chi connectivity index (χ0v) is 11.3. The molecule has 0 radical (unpaired) electrons. The Morgan fingerprint density at radius 3 is 2.58 bits per heavy atom. The van der Waals surface area contributed by atoms with E-state index in [1.165, 1.54) is 0 Å². The van der Waals surface area contributed by atoms with Crippen LogP contribution in [0.1, 0.15) is 18.9 Å². The number of aromatic nitrogens is 2. The van der Waals surface area contributed by atoms with Crippen molar-refractivity contribution in [1.82, 2.24) is 10.1 Å². The maximum atomic E-state index is 5.31. The van der Waals surface area contributed by atoms with Gasteiger partial charge >= 0.3 is 0 Å². The molecule has 0 saturated heterocycles. The minimum atomic E-state index is -0.245. The summed E-state index contributed by atoms with van der Waals surface area (Å²) in [6.45, 7) is 1.84. The summed E-state index contributed by atoms with van der Waals surface area (Å²) >= 11 is 0. The van der Waals surface area contributed by atoms with Gasteiger partial charge < -0.3 is 18.7 Å². The van der Waals surface area contributed by atoms with E-state index < -0.39 is 0 Å². The smallest absolute Gasteiger partial charge is 0.255 e. The molecule has 19 heavy (non-hydrogen) atoms. The van der Waals surface area contributed by atoms with Crippen molar-refractivity contribution in [3.63, 3.8) is 0 Å². The van der Waals surface area contributed by atoms with Gasteiger partial charge in [0.25, 0.3) is 5.89 Å². The monoisotopic (exact) mass is 264 g/mol. The second kappa shape index (κ2) is 5.71. The van der Waals surface area contributed by atoms with Gasteiger partial charge in [-0.25, -0.2) is 0 Å². The van der Waals surface area contributed by atoms with Gasteiger partial charge in [-0.2, -0.15) is 4.98 Å². The molecule has 2 aromatic rings. The van der Waals surface area contributed by atoms with Crippen molar-refractivity contribution in [2.75, 3.05) is 21.3 Å². The van der Waals surface area contributed by atoms with Gasteiger partial charge in [0.1, 0.15) is 17.6 Å². The molecule has 0 aliphatic heterocycles. The third-order valence-electron chi connectivity index (χ3n) is 2.79. The number of rotatable bonds is 5. The molecule has 0 amide bonds. The highest BCUT2D eigenvalue weighted by Crippen LogP contribution is 2.32. The first-order chi connectivity index (χ1) is 9.19. The van der Waals surface area contributed by atoms with Crippen molar-refractivity contribution in [3.05, 3.63) is 24.1 Å². The van der Waals surface area contributed by atoms with Crippen LogP contribution >= 0.6 is 0 Å². The van der Waals surface area contributed by atoms with Crippen LogP contribution in [0.5, 0.6) is 11.5 Å². The molecule has 1 aromatic carbocycles. The van der Waals surface area contributed by atoms with Crippen LogP contribution in [0.15, 0.2) is 22.7 Å². The molecular formula is C13H16N2O4. The molecule has 102 valence electrons.